The fourth-order valence-electron chi connectivity index (χ4n) is 3.30. The summed E-state index contributed by atoms with van der Waals surface area (Å²) in [6, 6.07) is 9.95. The van der Waals surface area contributed by atoms with Crippen LogP contribution in [0.5, 0.6) is 0 Å². The number of likely N-dealkylation sites (tertiary alicyclic amines) is 1. The number of nitrogen functional groups attached to an aromatic ring is 1. The predicted molar refractivity (Wildman–Crippen MR) is 83.4 cm³/mol. The zero-order valence-electron chi connectivity index (χ0n) is 12.6. The van der Waals surface area contributed by atoms with Gasteiger partial charge in [0.1, 0.15) is 0 Å². The Balaban J connectivity index is 1.89. The quantitative estimate of drug-likeness (QED) is 0.810. The van der Waals surface area contributed by atoms with E-state index < -0.39 is 0 Å². The Morgan fingerprint density at radius 3 is 2.58 bits per heavy atom. The molecule has 1 aliphatic rings. The first-order valence-corrected chi connectivity index (χ1v) is 7.73. The minimum atomic E-state index is 0.617. The van der Waals surface area contributed by atoms with Crippen LogP contribution in [0.15, 0.2) is 24.3 Å². The maximum absolute atomic E-state index is 5.75. The summed E-state index contributed by atoms with van der Waals surface area (Å²) in [6.45, 7) is 8.25. The van der Waals surface area contributed by atoms with E-state index in [1.807, 2.05) is 12.1 Å². The molecule has 1 fully saturated rings. The zero-order chi connectivity index (χ0) is 13.8. The van der Waals surface area contributed by atoms with Gasteiger partial charge in [-0.25, -0.2) is 0 Å². The minimum Gasteiger partial charge on any atom is -0.399 e. The standard InChI is InChI=1S/C17H28N2/c1-4-17-10-5-14(3)19(17)12-11-13(2)15-6-8-16(18)9-7-15/h6-9,13-14,17H,4-5,10-12,18H2,1-3H3. The van der Waals surface area contributed by atoms with Crippen molar-refractivity contribution in [2.75, 3.05) is 12.3 Å². The SMILES string of the molecule is CCC1CCC(C)N1CCC(C)c1ccc(N)cc1. The molecule has 1 heterocycles. The molecular weight excluding hydrogens is 232 g/mol. The normalized spacial score (nSPS) is 25.6. The van der Waals surface area contributed by atoms with E-state index in [-0.39, 0.29) is 0 Å². The first-order chi connectivity index (χ1) is 9.11. The van der Waals surface area contributed by atoms with Crippen molar-refractivity contribution in [3.63, 3.8) is 0 Å². The van der Waals surface area contributed by atoms with E-state index in [1.54, 1.807) is 0 Å². The molecule has 3 atom stereocenters. The van der Waals surface area contributed by atoms with Gasteiger partial charge in [0.15, 0.2) is 0 Å². The van der Waals surface area contributed by atoms with Gasteiger partial charge in [-0.1, -0.05) is 26.0 Å². The van der Waals surface area contributed by atoms with E-state index in [0.717, 1.165) is 17.8 Å². The van der Waals surface area contributed by atoms with Gasteiger partial charge in [-0.3, -0.25) is 4.90 Å². The van der Waals surface area contributed by atoms with Crippen molar-refractivity contribution in [3.8, 4) is 0 Å². The molecule has 0 saturated carbocycles. The number of hydrogen-bond donors (Lipinski definition) is 1. The summed E-state index contributed by atoms with van der Waals surface area (Å²) in [6.07, 6.45) is 5.29. The molecule has 1 aromatic carbocycles. The van der Waals surface area contributed by atoms with Crippen molar-refractivity contribution in [1.82, 2.24) is 4.90 Å². The highest BCUT2D eigenvalue weighted by atomic mass is 15.2. The van der Waals surface area contributed by atoms with Gasteiger partial charge in [-0.2, -0.15) is 0 Å². The number of hydrogen-bond acceptors (Lipinski definition) is 2. The van der Waals surface area contributed by atoms with Crippen LogP contribution in [0.4, 0.5) is 5.69 Å². The van der Waals surface area contributed by atoms with Crippen LogP contribution in [0.2, 0.25) is 0 Å². The van der Waals surface area contributed by atoms with Crippen molar-refractivity contribution < 1.29 is 0 Å². The summed E-state index contributed by atoms with van der Waals surface area (Å²) < 4.78 is 0. The van der Waals surface area contributed by atoms with Crippen LogP contribution in [0, 0.1) is 0 Å². The van der Waals surface area contributed by atoms with Crippen LogP contribution in [0.25, 0.3) is 0 Å². The third-order valence-corrected chi connectivity index (χ3v) is 4.75. The van der Waals surface area contributed by atoms with Crippen molar-refractivity contribution in [2.24, 2.45) is 0 Å². The number of anilines is 1. The summed E-state index contributed by atoms with van der Waals surface area (Å²) in [4.78, 5) is 2.72. The molecule has 2 heteroatoms. The van der Waals surface area contributed by atoms with Gasteiger partial charge in [0.2, 0.25) is 0 Å². The molecule has 0 amide bonds. The fraction of sp³-hybridized carbons (Fsp3) is 0.647. The third-order valence-electron chi connectivity index (χ3n) is 4.75. The van der Waals surface area contributed by atoms with E-state index >= 15 is 0 Å². The fourth-order valence-corrected chi connectivity index (χ4v) is 3.30. The maximum Gasteiger partial charge on any atom is 0.0314 e. The summed E-state index contributed by atoms with van der Waals surface area (Å²) >= 11 is 0. The lowest BCUT2D eigenvalue weighted by molar-refractivity contribution is 0.192. The van der Waals surface area contributed by atoms with Crippen LogP contribution in [-0.2, 0) is 0 Å². The lowest BCUT2D eigenvalue weighted by atomic mass is 9.97. The molecule has 0 aromatic heterocycles. The molecular formula is C17H28N2. The molecule has 0 bridgehead atoms. The van der Waals surface area contributed by atoms with Crippen molar-refractivity contribution in [3.05, 3.63) is 29.8 Å². The molecule has 3 unspecified atom stereocenters. The van der Waals surface area contributed by atoms with Crippen LogP contribution in [0.1, 0.15) is 57.9 Å². The highest BCUT2D eigenvalue weighted by Crippen LogP contribution is 2.28. The highest BCUT2D eigenvalue weighted by Gasteiger charge is 2.28. The van der Waals surface area contributed by atoms with E-state index in [2.05, 4.69) is 37.8 Å². The Morgan fingerprint density at radius 2 is 1.95 bits per heavy atom. The molecule has 2 rings (SSSR count). The third kappa shape index (κ3) is 3.50. The molecule has 1 aliphatic heterocycles. The first kappa shape index (κ1) is 14.4. The topological polar surface area (TPSA) is 29.3 Å². The second-order valence-electron chi connectivity index (χ2n) is 6.08. The number of nitrogens with zero attached hydrogens (tertiary/aromatic N) is 1. The molecule has 1 saturated heterocycles. The Bertz CT molecular complexity index is 385. The van der Waals surface area contributed by atoms with Crippen LogP contribution < -0.4 is 5.73 Å². The lowest BCUT2D eigenvalue weighted by Gasteiger charge is -2.29. The minimum absolute atomic E-state index is 0.617. The summed E-state index contributed by atoms with van der Waals surface area (Å²) in [5.41, 5.74) is 8.01. The average Bonchev–Trinajstić information content (AvgIpc) is 2.77. The predicted octanol–water partition coefficient (Wildman–Crippen LogP) is 4.03. The molecule has 0 spiro atoms. The van der Waals surface area contributed by atoms with Crippen LogP contribution >= 0.6 is 0 Å². The van der Waals surface area contributed by atoms with E-state index in [1.165, 1.54) is 37.8 Å². The second-order valence-corrected chi connectivity index (χ2v) is 6.08. The van der Waals surface area contributed by atoms with Crippen molar-refractivity contribution >= 4 is 5.69 Å². The maximum atomic E-state index is 5.75. The van der Waals surface area contributed by atoms with Crippen molar-refractivity contribution in [1.29, 1.82) is 0 Å². The molecule has 0 aliphatic carbocycles. The summed E-state index contributed by atoms with van der Waals surface area (Å²) in [5.74, 6) is 0.617. The second kappa shape index (κ2) is 6.42. The highest BCUT2D eigenvalue weighted by molar-refractivity contribution is 5.40. The molecule has 0 radical (unpaired) electrons. The average molecular weight is 260 g/mol. The zero-order valence-corrected chi connectivity index (χ0v) is 12.6. The monoisotopic (exact) mass is 260 g/mol. The van der Waals surface area contributed by atoms with Gasteiger partial charge >= 0.3 is 0 Å². The molecule has 106 valence electrons. The van der Waals surface area contributed by atoms with Crippen LogP contribution in [-0.4, -0.2) is 23.5 Å². The number of benzene rings is 1. The van der Waals surface area contributed by atoms with Gasteiger partial charge in [0, 0.05) is 17.8 Å². The van der Waals surface area contributed by atoms with Gasteiger partial charge in [-0.05, 0) is 62.8 Å². The first-order valence-electron chi connectivity index (χ1n) is 7.73. The lowest BCUT2D eigenvalue weighted by Crippen LogP contribution is -2.35. The Labute approximate surface area is 118 Å². The number of rotatable bonds is 5. The van der Waals surface area contributed by atoms with Crippen LogP contribution in [0.3, 0.4) is 0 Å². The number of nitrogens with two attached hydrogens (primary N) is 1. The molecule has 2 N–H and O–H groups in total. The van der Waals surface area contributed by atoms with Gasteiger partial charge < -0.3 is 5.73 Å². The van der Waals surface area contributed by atoms with Gasteiger partial charge in [-0.15, -0.1) is 0 Å². The Kier molecular flexibility index (Phi) is 4.87. The molecule has 1 aromatic rings. The molecule has 2 nitrogen and oxygen atoms in total. The van der Waals surface area contributed by atoms with Gasteiger partial charge in [0.25, 0.3) is 0 Å². The van der Waals surface area contributed by atoms with Crippen molar-refractivity contribution in [2.45, 2.75) is 64.5 Å². The van der Waals surface area contributed by atoms with E-state index in [0.29, 0.717) is 5.92 Å². The smallest absolute Gasteiger partial charge is 0.0314 e. The Morgan fingerprint density at radius 1 is 1.26 bits per heavy atom. The summed E-state index contributed by atoms with van der Waals surface area (Å²) in [7, 11) is 0. The molecule has 19 heavy (non-hydrogen) atoms. The Hall–Kier alpha value is -1.02. The van der Waals surface area contributed by atoms with E-state index in [9.17, 15) is 0 Å². The van der Waals surface area contributed by atoms with Gasteiger partial charge in [0.05, 0.1) is 0 Å². The summed E-state index contributed by atoms with van der Waals surface area (Å²) in [5, 5.41) is 0. The largest absolute Gasteiger partial charge is 0.399 e. The van der Waals surface area contributed by atoms with E-state index in [4.69, 9.17) is 5.73 Å².